The van der Waals surface area contributed by atoms with E-state index < -0.39 is 0 Å². The van der Waals surface area contributed by atoms with Gasteiger partial charge >= 0.3 is 0 Å². The smallest absolute Gasteiger partial charge is 0.0640 e. The quantitative estimate of drug-likeness (QED) is 0.700. The van der Waals surface area contributed by atoms with E-state index in [4.69, 9.17) is 5.11 Å². The Kier molecular flexibility index (Phi) is 7.05. The molecule has 1 aromatic rings. The fourth-order valence-electron chi connectivity index (χ4n) is 2.22. The molecule has 1 aromatic heterocycles. The Bertz CT molecular complexity index is 339. The van der Waals surface area contributed by atoms with Gasteiger partial charge in [0.15, 0.2) is 0 Å². The number of aliphatic hydroxyl groups excluding tert-OH is 1. The van der Waals surface area contributed by atoms with Gasteiger partial charge in [-0.3, -0.25) is 4.68 Å². The van der Waals surface area contributed by atoms with Crippen molar-refractivity contribution < 1.29 is 5.11 Å². The second-order valence-corrected chi connectivity index (χ2v) is 5.80. The third kappa shape index (κ3) is 6.71. The van der Waals surface area contributed by atoms with E-state index in [0.717, 1.165) is 13.1 Å². The summed E-state index contributed by atoms with van der Waals surface area (Å²) < 4.78 is 1.78. The Morgan fingerprint density at radius 1 is 1.42 bits per heavy atom. The molecule has 1 rings (SSSR count). The van der Waals surface area contributed by atoms with Crippen LogP contribution >= 0.6 is 0 Å². The van der Waals surface area contributed by atoms with Crippen molar-refractivity contribution in [2.24, 2.45) is 5.92 Å². The first-order valence-electron chi connectivity index (χ1n) is 7.01. The third-order valence-electron chi connectivity index (χ3n) is 2.95. The molecule has 1 atom stereocenters. The van der Waals surface area contributed by atoms with Crippen LogP contribution in [0.5, 0.6) is 0 Å². The molecule has 0 aliphatic carbocycles. The highest BCUT2D eigenvalue weighted by atomic mass is 16.3. The van der Waals surface area contributed by atoms with Crippen molar-refractivity contribution in [2.45, 2.75) is 39.4 Å². The number of rotatable bonds is 9. The van der Waals surface area contributed by atoms with Crippen molar-refractivity contribution in [3.63, 3.8) is 0 Å². The maximum absolute atomic E-state index is 8.86. The molecule has 0 aromatic carbocycles. The Morgan fingerprint density at radius 2 is 2.16 bits per heavy atom. The highest BCUT2D eigenvalue weighted by Gasteiger charge is 2.11. The number of hydrogen-bond acceptors (Lipinski definition) is 4. The maximum atomic E-state index is 8.86. The zero-order valence-electron chi connectivity index (χ0n) is 12.6. The van der Waals surface area contributed by atoms with E-state index in [-0.39, 0.29) is 6.61 Å². The summed E-state index contributed by atoms with van der Waals surface area (Å²) >= 11 is 0. The second kappa shape index (κ2) is 8.30. The molecule has 5 nitrogen and oxygen atoms in total. The van der Waals surface area contributed by atoms with Gasteiger partial charge in [0.2, 0.25) is 0 Å². The second-order valence-electron chi connectivity index (χ2n) is 5.80. The van der Waals surface area contributed by atoms with Crippen LogP contribution in [0.25, 0.3) is 0 Å². The SMILES string of the molecule is CC(C)CC(CN(C)C)NCc1cnn(CCO)c1. The minimum atomic E-state index is 0.130. The Labute approximate surface area is 116 Å². The molecule has 19 heavy (non-hydrogen) atoms. The summed E-state index contributed by atoms with van der Waals surface area (Å²) in [4.78, 5) is 2.22. The number of aliphatic hydroxyl groups is 1. The summed E-state index contributed by atoms with van der Waals surface area (Å²) in [7, 11) is 4.21. The summed E-state index contributed by atoms with van der Waals surface area (Å²) in [6.07, 6.45) is 5.03. The molecule has 1 unspecified atom stereocenters. The van der Waals surface area contributed by atoms with Gasteiger partial charge in [0, 0.05) is 30.9 Å². The monoisotopic (exact) mass is 268 g/mol. The molecular formula is C14H28N4O. The van der Waals surface area contributed by atoms with E-state index >= 15 is 0 Å². The first-order valence-corrected chi connectivity index (χ1v) is 7.01. The minimum Gasteiger partial charge on any atom is -0.394 e. The zero-order valence-corrected chi connectivity index (χ0v) is 12.6. The van der Waals surface area contributed by atoms with Gasteiger partial charge in [-0.05, 0) is 26.4 Å². The fourth-order valence-corrected chi connectivity index (χ4v) is 2.22. The predicted octanol–water partition coefficient (Wildman–Crippen LogP) is 0.941. The van der Waals surface area contributed by atoms with Crippen LogP contribution in [0.4, 0.5) is 0 Å². The van der Waals surface area contributed by atoms with Crippen LogP contribution in [0.3, 0.4) is 0 Å². The van der Waals surface area contributed by atoms with Crippen molar-refractivity contribution in [1.29, 1.82) is 0 Å². The number of aromatic nitrogens is 2. The van der Waals surface area contributed by atoms with Gasteiger partial charge in [-0.2, -0.15) is 5.10 Å². The molecule has 0 saturated heterocycles. The van der Waals surface area contributed by atoms with Gasteiger partial charge in [0.1, 0.15) is 0 Å². The summed E-state index contributed by atoms with van der Waals surface area (Å²) in [6.45, 7) is 7.07. The molecule has 0 aliphatic rings. The van der Waals surface area contributed by atoms with Gasteiger partial charge < -0.3 is 15.3 Å². The van der Waals surface area contributed by atoms with Crippen LogP contribution < -0.4 is 5.32 Å². The molecular weight excluding hydrogens is 240 g/mol. The molecule has 0 aliphatic heterocycles. The predicted molar refractivity (Wildman–Crippen MR) is 77.9 cm³/mol. The first-order chi connectivity index (χ1) is 9.01. The lowest BCUT2D eigenvalue weighted by Gasteiger charge is -2.23. The highest BCUT2D eigenvalue weighted by Crippen LogP contribution is 2.07. The third-order valence-corrected chi connectivity index (χ3v) is 2.95. The van der Waals surface area contributed by atoms with Gasteiger partial charge in [-0.1, -0.05) is 13.8 Å². The van der Waals surface area contributed by atoms with Crippen molar-refractivity contribution >= 4 is 0 Å². The zero-order chi connectivity index (χ0) is 14.3. The van der Waals surface area contributed by atoms with Gasteiger partial charge in [-0.15, -0.1) is 0 Å². The van der Waals surface area contributed by atoms with Crippen molar-refractivity contribution in [2.75, 3.05) is 27.2 Å². The molecule has 0 bridgehead atoms. The van der Waals surface area contributed by atoms with Crippen LogP contribution in [0, 0.1) is 5.92 Å². The number of likely N-dealkylation sites (N-methyl/N-ethyl adjacent to an activating group) is 1. The lowest BCUT2D eigenvalue weighted by Crippen LogP contribution is -2.38. The molecule has 0 fully saturated rings. The van der Waals surface area contributed by atoms with Crippen molar-refractivity contribution in [1.82, 2.24) is 20.0 Å². The highest BCUT2D eigenvalue weighted by molar-refractivity contribution is 5.03. The normalized spacial score (nSPS) is 13.4. The average molecular weight is 268 g/mol. The van der Waals surface area contributed by atoms with Gasteiger partial charge in [-0.25, -0.2) is 0 Å². The van der Waals surface area contributed by atoms with E-state index in [2.05, 4.69) is 43.3 Å². The molecule has 0 amide bonds. The fraction of sp³-hybridized carbons (Fsp3) is 0.786. The molecule has 1 heterocycles. The summed E-state index contributed by atoms with van der Waals surface area (Å²) in [5.41, 5.74) is 1.17. The molecule has 110 valence electrons. The van der Waals surface area contributed by atoms with E-state index in [1.54, 1.807) is 4.68 Å². The number of nitrogens with one attached hydrogen (secondary N) is 1. The van der Waals surface area contributed by atoms with E-state index in [9.17, 15) is 0 Å². The topological polar surface area (TPSA) is 53.3 Å². The van der Waals surface area contributed by atoms with Crippen molar-refractivity contribution in [3.05, 3.63) is 18.0 Å². The molecule has 0 spiro atoms. The largest absolute Gasteiger partial charge is 0.394 e. The Hall–Kier alpha value is -0.910. The van der Waals surface area contributed by atoms with Crippen LogP contribution in [0.15, 0.2) is 12.4 Å². The number of nitrogens with zero attached hydrogens (tertiary/aromatic N) is 3. The van der Waals surface area contributed by atoms with Gasteiger partial charge in [0.25, 0.3) is 0 Å². The van der Waals surface area contributed by atoms with Crippen LogP contribution in [0.2, 0.25) is 0 Å². The minimum absolute atomic E-state index is 0.130. The molecule has 2 N–H and O–H groups in total. The van der Waals surface area contributed by atoms with E-state index in [1.165, 1.54) is 12.0 Å². The first kappa shape index (κ1) is 16.1. The average Bonchev–Trinajstić information content (AvgIpc) is 2.73. The van der Waals surface area contributed by atoms with Crippen molar-refractivity contribution in [3.8, 4) is 0 Å². The lowest BCUT2D eigenvalue weighted by atomic mass is 10.0. The van der Waals surface area contributed by atoms with Gasteiger partial charge in [0.05, 0.1) is 19.3 Å². The summed E-state index contributed by atoms with van der Waals surface area (Å²) in [6, 6.07) is 0.496. The lowest BCUT2D eigenvalue weighted by molar-refractivity contribution is 0.269. The molecule has 0 radical (unpaired) electrons. The summed E-state index contributed by atoms with van der Waals surface area (Å²) in [5.74, 6) is 0.689. The standard InChI is InChI=1S/C14H28N4O/c1-12(2)7-14(11-17(3)4)15-8-13-9-16-18(10-13)5-6-19/h9-10,12,14-15,19H,5-8,11H2,1-4H3. The number of hydrogen-bond donors (Lipinski definition) is 2. The van der Waals surface area contributed by atoms with Crippen LogP contribution in [-0.4, -0.2) is 53.1 Å². The van der Waals surface area contributed by atoms with E-state index in [0.29, 0.717) is 18.5 Å². The maximum Gasteiger partial charge on any atom is 0.0640 e. The van der Waals surface area contributed by atoms with Crippen LogP contribution in [0.1, 0.15) is 25.8 Å². The van der Waals surface area contributed by atoms with E-state index in [1.807, 2.05) is 12.4 Å². The Morgan fingerprint density at radius 3 is 2.74 bits per heavy atom. The summed E-state index contributed by atoms with van der Waals surface area (Å²) in [5, 5.41) is 16.7. The molecule has 5 heteroatoms. The Balaban J connectivity index is 2.44. The van der Waals surface area contributed by atoms with Crippen LogP contribution in [-0.2, 0) is 13.1 Å². The molecule has 0 saturated carbocycles.